The lowest BCUT2D eigenvalue weighted by Crippen LogP contribution is -2.48. The number of nitrogens with one attached hydrogen (secondary N) is 2. The monoisotopic (exact) mass is 436 g/mol. The highest BCUT2D eigenvalue weighted by molar-refractivity contribution is 5.97. The molecule has 3 fully saturated rings. The summed E-state index contributed by atoms with van der Waals surface area (Å²) in [6, 6.07) is 9.76. The minimum atomic E-state index is 0.0491. The predicted molar refractivity (Wildman–Crippen MR) is 123 cm³/mol. The molecule has 0 radical (unpaired) electrons. The minimum absolute atomic E-state index is 0.0491. The van der Waals surface area contributed by atoms with Crippen LogP contribution in [0.15, 0.2) is 36.5 Å². The number of para-hydroxylation sites is 1. The number of hydrogen-bond acceptors (Lipinski definition) is 7. The number of amides is 1. The molecule has 5 rings (SSSR count). The van der Waals surface area contributed by atoms with Crippen molar-refractivity contribution < 1.29 is 9.53 Å². The number of anilines is 1. The lowest BCUT2D eigenvalue weighted by Gasteiger charge is -2.37. The summed E-state index contributed by atoms with van der Waals surface area (Å²) < 4.78 is 5.42. The summed E-state index contributed by atoms with van der Waals surface area (Å²) in [5.41, 5.74) is 8.57. The van der Waals surface area contributed by atoms with Gasteiger partial charge in [-0.1, -0.05) is 12.1 Å². The van der Waals surface area contributed by atoms with Gasteiger partial charge in [-0.2, -0.15) is 0 Å². The molecule has 1 amide bonds. The maximum atomic E-state index is 13.3. The molecule has 0 bridgehead atoms. The Morgan fingerprint density at radius 1 is 1.12 bits per heavy atom. The number of hydrazine groups is 1. The van der Waals surface area contributed by atoms with Gasteiger partial charge in [0, 0.05) is 50.9 Å². The van der Waals surface area contributed by atoms with Gasteiger partial charge in [0.2, 0.25) is 5.95 Å². The quantitative estimate of drug-likeness (QED) is 0.744. The Balaban J connectivity index is 1.32. The Hall–Kier alpha value is -2.71. The van der Waals surface area contributed by atoms with Crippen molar-refractivity contribution in [3.8, 4) is 5.75 Å². The number of likely N-dealkylation sites (tertiary alicyclic amines) is 1. The molecule has 3 atom stereocenters. The van der Waals surface area contributed by atoms with Gasteiger partial charge in [0.1, 0.15) is 5.75 Å². The smallest absolute Gasteiger partial charge is 0.257 e. The molecule has 3 aliphatic rings. The Kier molecular flexibility index (Phi) is 6.23. The summed E-state index contributed by atoms with van der Waals surface area (Å²) in [5, 5.41) is 0. The Morgan fingerprint density at radius 2 is 1.97 bits per heavy atom. The number of hydrogen-bond donors (Lipinski definition) is 2. The molecule has 32 heavy (non-hydrogen) atoms. The molecule has 2 N–H and O–H groups in total. The van der Waals surface area contributed by atoms with E-state index in [4.69, 9.17) is 9.72 Å². The molecular weight excluding hydrogens is 404 g/mol. The van der Waals surface area contributed by atoms with Crippen LogP contribution in [-0.4, -0.2) is 66.7 Å². The highest BCUT2D eigenvalue weighted by Gasteiger charge is 2.39. The van der Waals surface area contributed by atoms with Crippen LogP contribution < -0.4 is 20.5 Å². The number of benzene rings is 1. The largest absolute Gasteiger partial charge is 0.496 e. The normalized spacial score (nSPS) is 25.8. The molecule has 3 saturated heterocycles. The Labute approximate surface area is 189 Å². The van der Waals surface area contributed by atoms with Crippen LogP contribution in [0.2, 0.25) is 0 Å². The molecular formula is C24H32N6O2. The predicted octanol–water partition coefficient (Wildman–Crippen LogP) is 2.20. The molecule has 4 heterocycles. The molecule has 170 valence electrons. The second-order valence-electron chi connectivity index (χ2n) is 8.99. The van der Waals surface area contributed by atoms with E-state index in [1.165, 1.54) is 12.8 Å². The summed E-state index contributed by atoms with van der Waals surface area (Å²) >= 11 is 0. The lowest BCUT2D eigenvalue weighted by atomic mass is 9.82. The van der Waals surface area contributed by atoms with E-state index >= 15 is 0 Å². The maximum Gasteiger partial charge on any atom is 0.257 e. The molecule has 0 saturated carbocycles. The molecule has 8 nitrogen and oxygen atoms in total. The fraction of sp³-hybridized carbons (Fsp3) is 0.542. The first kappa shape index (κ1) is 21.2. The zero-order valence-electron chi connectivity index (χ0n) is 18.7. The maximum absolute atomic E-state index is 13.3. The van der Waals surface area contributed by atoms with Crippen molar-refractivity contribution in [1.82, 2.24) is 25.7 Å². The van der Waals surface area contributed by atoms with Gasteiger partial charge < -0.3 is 14.5 Å². The number of carbonyl (C=O) groups excluding carboxylic acids is 1. The second-order valence-corrected chi connectivity index (χ2v) is 8.99. The van der Waals surface area contributed by atoms with Crippen LogP contribution in [0.3, 0.4) is 0 Å². The van der Waals surface area contributed by atoms with Crippen molar-refractivity contribution in [3.63, 3.8) is 0 Å². The SMILES string of the molecule is COc1ccccc1C(=O)N1CCCC(C2NNCC2c2ccnc(N3CCCC3)n2)C1. The van der Waals surface area contributed by atoms with E-state index in [9.17, 15) is 4.79 Å². The van der Waals surface area contributed by atoms with Gasteiger partial charge in [0.25, 0.3) is 5.91 Å². The van der Waals surface area contributed by atoms with E-state index < -0.39 is 0 Å². The van der Waals surface area contributed by atoms with Crippen molar-refractivity contribution in [3.05, 3.63) is 47.8 Å². The first-order chi connectivity index (χ1) is 15.7. The van der Waals surface area contributed by atoms with Gasteiger partial charge in [0.15, 0.2) is 0 Å². The van der Waals surface area contributed by atoms with E-state index in [-0.39, 0.29) is 17.9 Å². The van der Waals surface area contributed by atoms with Crippen molar-refractivity contribution in [1.29, 1.82) is 0 Å². The standard InChI is InChI=1S/C24H32N6O2/c1-32-21-9-3-2-8-18(21)23(31)30-14-6-7-17(16-30)22-19(15-26-28-22)20-10-11-25-24(27-20)29-12-4-5-13-29/h2-3,8-11,17,19,22,26,28H,4-7,12-16H2,1H3. The number of nitrogens with zero attached hydrogens (tertiary/aromatic N) is 4. The zero-order valence-corrected chi connectivity index (χ0v) is 18.7. The molecule has 0 aliphatic carbocycles. The van der Waals surface area contributed by atoms with Gasteiger partial charge in [-0.15, -0.1) is 0 Å². The molecule has 0 spiro atoms. The van der Waals surface area contributed by atoms with Crippen LogP contribution in [0.1, 0.15) is 47.7 Å². The van der Waals surface area contributed by atoms with Crippen LogP contribution in [0.25, 0.3) is 0 Å². The van der Waals surface area contributed by atoms with E-state index in [2.05, 4.69) is 20.7 Å². The number of ether oxygens (including phenoxy) is 1. The van der Waals surface area contributed by atoms with E-state index in [1.807, 2.05) is 41.4 Å². The van der Waals surface area contributed by atoms with Crippen molar-refractivity contribution >= 4 is 11.9 Å². The van der Waals surface area contributed by atoms with Crippen molar-refractivity contribution in [2.75, 3.05) is 44.7 Å². The number of piperidine rings is 1. The minimum Gasteiger partial charge on any atom is -0.496 e. The first-order valence-electron chi connectivity index (χ1n) is 11.7. The van der Waals surface area contributed by atoms with E-state index in [0.717, 1.165) is 57.2 Å². The van der Waals surface area contributed by atoms with Gasteiger partial charge in [-0.3, -0.25) is 15.6 Å². The summed E-state index contributed by atoms with van der Waals surface area (Å²) in [5.74, 6) is 2.14. The number of rotatable bonds is 5. The lowest BCUT2D eigenvalue weighted by molar-refractivity contribution is 0.0641. The van der Waals surface area contributed by atoms with Gasteiger partial charge >= 0.3 is 0 Å². The molecule has 8 heteroatoms. The summed E-state index contributed by atoms with van der Waals surface area (Å²) in [6.45, 7) is 4.42. The first-order valence-corrected chi connectivity index (χ1v) is 11.7. The zero-order chi connectivity index (χ0) is 21.9. The van der Waals surface area contributed by atoms with Gasteiger partial charge in [-0.05, 0) is 49.8 Å². The Morgan fingerprint density at radius 3 is 2.81 bits per heavy atom. The van der Waals surface area contributed by atoms with Crippen LogP contribution in [0.4, 0.5) is 5.95 Å². The average Bonchev–Trinajstić information content (AvgIpc) is 3.56. The topological polar surface area (TPSA) is 82.6 Å². The number of methoxy groups -OCH3 is 1. The van der Waals surface area contributed by atoms with E-state index in [0.29, 0.717) is 17.2 Å². The Bertz CT molecular complexity index is 948. The molecule has 1 aromatic carbocycles. The van der Waals surface area contributed by atoms with Crippen molar-refractivity contribution in [2.45, 2.75) is 37.6 Å². The van der Waals surface area contributed by atoms with E-state index in [1.54, 1.807) is 7.11 Å². The average molecular weight is 437 g/mol. The van der Waals surface area contributed by atoms with Crippen LogP contribution in [0, 0.1) is 5.92 Å². The molecule has 3 unspecified atom stereocenters. The second kappa shape index (κ2) is 9.42. The third-order valence-electron chi connectivity index (χ3n) is 7.05. The summed E-state index contributed by atoms with van der Waals surface area (Å²) in [4.78, 5) is 27.0. The highest BCUT2D eigenvalue weighted by Crippen LogP contribution is 2.32. The third-order valence-corrected chi connectivity index (χ3v) is 7.05. The van der Waals surface area contributed by atoms with Crippen molar-refractivity contribution in [2.24, 2.45) is 5.92 Å². The summed E-state index contributed by atoms with van der Waals surface area (Å²) in [7, 11) is 1.61. The third kappa shape index (κ3) is 4.17. The fourth-order valence-electron chi connectivity index (χ4n) is 5.37. The molecule has 3 aliphatic heterocycles. The fourth-order valence-corrected chi connectivity index (χ4v) is 5.37. The number of carbonyl (C=O) groups is 1. The number of aromatic nitrogens is 2. The van der Waals surface area contributed by atoms with Gasteiger partial charge in [0.05, 0.1) is 18.4 Å². The summed E-state index contributed by atoms with van der Waals surface area (Å²) in [6.07, 6.45) is 6.40. The van der Waals surface area contributed by atoms with Crippen LogP contribution in [-0.2, 0) is 0 Å². The van der Waals surface area contributed by atoms with Gasteiger partial charge in [-0.25, -0.2) is 9.97 Å². The highest BCUT2D eigenvalue weighted by atomic mass is 16.5. The molecule has 1 aromatic heterocycles. The molecule has 2 aromatic rings. The van der Waals surface area contributed by atoms with Crippen LogP contribution in [0.5, 0.6) is 5.75 Å². The van der Waals surface area contributed by atoms with Crippen LogP contribution >= 0.6 is 0 Å².